The maximum absolute atomic E-state index is 11.3. The molecule has 0 fully saturated rings. The first-order valence-corrected chi connectivity index (χ1v) is 32.0. The SMILES string of the molecule is CCS(=O)(=O)Cl.CCS(=O)(=O)O.CCS(=O)(=O)c1ccc(C)cc1.CCS(=O)(=O)c1ccc(Cl)cc1.COc1cc(OC)c([P+](C)(c2c(OC)cc(OC)cc2OC)c2c(OC)cc(OC)cc2OC)c(OC)c1. The molecule has 0 radical (unpaired) electrons. The summed E-state index contributed by atoms with van der Waals surface area (Å²) < 4.78 is 144. The molecule has 74 heavy (non-hydrogen) atoms. The summed E-state index contributed by atoms with van der Waals surface area (Å²) in [5, 5.41) is 2.86. The molecule has 0 unspecified atom stereocenters. The Labute approximate surface area is 447 Å². The van der Waals surface area contributed by atoms with Crippen LogP contribution in [0.5, 0.6) is 51.7 Å². The number of halogens is 2. The van der Waals surface area contributed by atoms with Gasteiger partial charge in [-0.3, -0.25) is 4.55 Å². The van der Waals surface area contributed by atoms with Crippen molar-refractivity contribution in [2.24, 2.45) is 0 Å². The Morgan fingerprint density at radius 1 is 0.432 bits per heavy atom. The number of hydrogen-bond acceptors (Lipinski definition) is 17. The maximum Gasteiger partial charge on any atom is 0.264 e. The first kappa shape index (κ1) is 67.1. The van der Waals surface area contributed by atoms with Crippen molar-refractivity contribution in [2.45, 2.75) is 44.4 Å². The van der Waals surface area contributed by atoms with Crippen molar-refractivity contribution in [1.82, 2.24) is 0 Å². The van der Waals surface area contributed by atoms with E-state index < -0.39 is 46.1 Å². The maximum atomic E-state index is 11.3. The highest BCUT2D eigenvalue weighted by Gasteiger charge is 2.54. The fraction of sp³-hybridized carbons (Fsp3) is 0.388. The molecule has 5 rings (SSSR count). The summed E-state index contributed by atoms with van der Waals surface area (Å²) in [6.45, 7) is 10.2. The van der Waals surface area contributed by atoms with E-state index in [1.165, 1.54) is 26.0 Å². The lowest BCUT2D eigenvalue weighted by Gasteiger charge is -2.30. The molecule has 414 valence electrons. The Morgan fingerprint density at radius 2 is 0.662 bits per heavy atom. The zero-order valence-corrected chi connectivity index (χ0v) is 49.8. The van der Waals surface area contributed by atoms with Crippen molar-refractivity contribution in [1.29, 1.82) is 0 Å². The van der Waals surface area contributed by atoms with Crippen molar-refractivity contribution in [2.75, 3.05) is 93.7 Å². The van der Waals surface area contributed by atoms with E-state index in [0.717, 1.165) is 21.5 Å². The molecule has 5 aromatic carbocycles. The zero-order chi connectivity index (χ0) is 56.8. The average molecular weight is 1180 g/mol. The van der Waals surface area contributed by atoms with E-state index in [9.17, 15) is 33.7 Å². The van der Waals surface area contributed by atoms with Crippen molar-refractivity contribution in [3.63, 3.8) is 0 Å². The van der Waals surface area contributed by atoms with E-state index in [1.54, 1.807) is 102 Å². The highest BCUT2D eigenvalue weighted by Crippen LogP contribution is 2.63. The van der Waals surface area contributed by atoms with Gasteiger partial charge >= 0.3 is 0 Å². The molecule has 0 bridgehead atoms. The predicted octanol–water partition coefficient (Wildman–Crippen LogP) is 8.08. The highest BCUT2D eigenvalue weighted by molar-refractivity contribution is 8.13. The number of ether oxygens (including phenoxy) is 9. The fourth-order valence-electron chi connectivity index (χ4n) is 6.34. The van der Waals surface area contributed by atoms with Gasteiger partial charge in [-0.1, -0.05) is 50.1 Å². The van der Waals surface area contributed by atoms with Gasteiger partial charge in [0.1, 0.15) is 24.5 Å². The summed E-state index contributed by atoms with van der Waals surface area (Å²) >= 11 is 5.61. The standard InChI is InChI=1S/C28H36O9P.C9H12O2S.C8H9ClO2S.C2H5ClO2S.C2H6O3S/c1-29-17-11-20(32-4)26(21(12-17)33-5)38(10,27-22(34-6)13-18(30-2)14-23(27)35-7)28-24(36-8)15-19(31-3)16-25(28)37-9;1-3-12(10,11)9-6-4-8(2)5-7-9;1-2-12(10,11)8-5-3-7(9)4-6-8;2*1-2-6(3,4)5/h11-16H,1-10H3;4-7H,3H2,1-2H3;3-6H,2H2,1H3;2H2,1H3;2H2,1H3,(H,3,4,5)/q+1;;;;. The molecule has 0 saturated carbocycles. The normalized spacial score (nSPS) is 11.2. The number of methoxy groups -OCH3 is 9. The van der Waals surface area contributed by atoms with Gasteiger partial charge in [0.05, 0.1) is 103 Å². The van der Waals surface area contributed by atoms with Gasteiger partial charge in [0.25, 0.3) is 10.1 Å². The number of sulfone groups is 2. The molecular weight excluding hydrogens is 1110 g/mol. The quantitative estimate of drug-likeness (QED) is 0.0495. The van der Waals surface area contributed by atoms with Crippen LogP contribution < -0.4 is 58.5 Å². The molecule has 0 spiro atoms. The Kier molecular flexibility index (Phi) is 27.7. The van der Waals surface area contributed by atoms with Crippen LogP contribution in [0.1, 0.15) is 33.3 Å². The van der Waals surface area contributed by atoms with Crippen LogP contribution in [0.3, 0.4) is 0 Å². The van der Waals surface area contributed by atoms with Gasteiger partial charge in [-0.2, -0.15) is 8.42 Å². The second-order valence-corrected chi connectivity index (χ2v) is 28.1. The minimum absolute atomic E-state index is 0.00849. The molecule has 1 N–H and O–H groups in total. The second kappa shape index (κ2) is 30.6. The smallest absolute Gasteiger partial charge is 0.264 e. The predicted molar refractivity (Wildman–Crippen MR) is 296 cm³/mol. The summed E-state index contributed by atoms with van der Waals surface area (Å²) in [5.41, 5.74) is 1.07. The third kappa shape index (κ3) is 19.3. The van der Waals surface area contributed by atoms with E-state index in [4.69, 9.17) is 58.8 Å². The first-order valence-electron chi connectivity index (χ1n) is 22.0. The monoisotopic (exact) mass is 1170 g/mol. The van der Waals surface area contributed by atoms with Crippen LogP contribution in [0, 0.1) is 6.92 Å². The number of rotatable bonds is 18. The lowest BCUT2D eigenvalue weighted by atomic mass is 10.2. The molecule has 0 aliphatic carbocycles. The molecule has 0 atom stereocenters. The molecular formula is C49H68Cl2O18PS4+. The van der Waals surface area contributed by atoms with Gasteiger partial charge in [-0.25, -0.2) is 25.3 Å². The molecule has 0 aliphatic heterocycles. The Balaban J connectivity index is 0.000000609. The Hall–Kier alpha value is -4.93. The molecule has 0 heterocycles. The van der Waals surface area contributed by atoms with E-state index in [-0.39, 0.29) is 23.0 Å². The van der Waals surface area contributed by atoms with Crippen LogP contribution in [-0.4, -0.2) is 132 Å². The summed E-state index contributed by atoms with van der Waals surface area (Å²) in [7, 11) is 3.29. The van der Waals surface area contributed by atoms with Crippen molar-refractivity contribution in [3.8, 4) is 51.7 Å². The molecule has 0 aliphatic rings. The van der Waals surface area contributed by atoms with Gasteiger partial charge in [0.15, 0.2) is 70.1 Å². The molecule has 25 heteroatoms. The number of hydrogen-bond donors (Lipinski definition) is 1. The van der Waals surface area contributed by atoms with Crippen LogP contribution >= 0.6 is 29.5 Å². The molecule has 0 amide bonds. The topological polar surface area (TPSA) is 240 Å². The molecule has 18 nitrogen and oxygen atoms in total. The van der Waals surface area contributed by atoms with Crippen molar-refractivity contribution >= 4 is 84.3 Å². The minimum Gasteiger partial charge on any atom is -0.496 e. The first-order chi connectivity index (χ1) is 34.5. The van der Waals surface area contributed by atoms with Crippen LogP contribution in [0.25, 0.3) is 0 Å². The van der Waals surface area contributed by atoms with Crippen LogP contribution in [0.4, 0.5) is 0 Å². The Bertz CT molecular complexity index is 2690. The fourth-order valence-corrected chi connectivity index (χ4v) is 12.5. The van der Waals surface area contributed by atoms with Crippen molar-refractivity contribution < 1.29 is 80.9 Å². The second-order valence-electron chi connectivity index (χ2n) is 14.9. The van der Waals surface area contributed by atoms with E-state index in [1.807, 2.05) is 55.5 Å². The zero-order valence-electron chi connectivity index (χ0n) is 44.1. The van der Waals surface area contributed by atoms with Gasteiger partial charge in [-0.15, -0.1) is 0 Å². The van der Waals surface area contributed by atoms with Crippen LogP contribution in [0.2, 0.25) is 5.02 Å². The third-order valence-electron chi connectivity index (χ3n) is 10.4. The van der Waals surface area contributed by atoms with Gasteiger partial charge < -0.3 is 42.6 Å². The van der Waals surface area contributed by atoms with Crippen LogP contribution in [-0.2, 0) is 38.8 Å². The lowest BCUT2D eigenvalue weighted by molar-refractivity contribution is 0.378. The van der Waals surface area contributed by atoms with E-state index in [2.05, 4.69) is 17.3 Å². The largest absolute Gasteiger partial charge is 0.496 e. The summed E-state index contributed by atoms with van der Waals surface area (Å²) in [6, 6.07) is 24.0. The number of aryl methyl sites for hydroxylation is 1. The van der Waals surface area contributed by atoms with Gasteiger partial charge in [0, 0.05) is 52.1 Å². The van der Waals surface area contributed by atoms with E-state index >= 15 is 0 Å². The summed E-state index contributed by atoms with van der Waals surface area (Å²) in [6.07, 6.45) is 0. The molecule has 0 aromatic heterocycles. The summed E-state index contributed by atoms with van der Waals surface area (Å²) in [5.74, 6) is 5.15. The molecule has 5 aromatic rings. The van der Waals surface area contributed by atoms with E-state index in [0.29, 0.717) is 66.6 Å². The van der Waals surface area contributed by atoms with Crippen LogP contribution in [0.15, 0.2) is 94.7 Å². The van der Waals surface area contributed by atoms with Gasteiger partial charge in [-0.05, 0) is 50.2 Å². The number of benzene rings is 5. The highest BCUT2D eigenvalue weighted by atomic mass is 35.7. The Morgan fingerprint density at radius 3 is 0.838 bits per heavy atom. The minimum atomic E-state index is -3.66. The van der Waals surface area contributed by atoms with Gasteiger partial charge in [0.2, 0.25) is 9.05 Å². The molecule has 0 saturated heterocycles. The summed E-state index contributed by atoms with van der Waals surface area (Å²) in [4.78, 5) is 0.741. The lowest BCUT2D eigenvalue weighted by Crippen LogP contribution is -2.35. The van der Waals surface area contributed by atoms with Crippen molar-refractivity contribution in [3.05, 3.63) is 95.5 Å². The average Bonchev–Trinajstić information content (AvgIpc) is 3.39. The third-order valence-corrected chi connectivity index (χ3v) is 20.3.